The van der Waals surface area contributed by atoms with Crippen molar-refractivity contribution < 1.29 is 24.0 Å². The Bertz CT molecular complexity index is 1680. The van der Waals surface area contributed by atoms with E-state index < -0.39 is 41.5 Å². The Hall–Kier alpha value is -4.66. The van der Waals surface area contributed by atoms with Crippen LogP contribution in [0.25, 0.3) is 11.3 Å². The van der Waals surface area contributed by atoms with Crippen LogP contribution in [-0.2, 0) is 19.2 Å². The monoisotopic (exact) mass is 718 g/mol. The van der Waals surface area contributed by atoms with Crippen molar-refractivity contribution in [1.82, 2.24) is 36.5 Å². The van der Waals surface area contributed by atoms with Crippen molar-refractivity contribution in [3.63, 3.8) is 0 Å². The van der Waals surface area contributed by atoms with E-state index in [1.54, 1.807) is 32.8 Å². The molecule has 13 nitrogen and oxygen atoms in total. The van der Waals surface area contributed by atoms with Gasteiger partial charge in [0.05, 0.1) is 23.8 Å². The summed E-state index contributed by atoms with van der Waals surface area (Å²) in [5.74, 6) is -1.66. The number of likely N-dealkylation sites (tertiary alicyclic amines) is 1. The number of nitrogens with zero attached hydrogens (tertiary/aromatic N) is 2. The zero-order chi connectivity index (χ0) is 37.3. The Morgan fingerprint density at radius 2 is 1.49 bits per heavy atom. The van der Waals surface area contributed by atoms with Gasteiger partial charge in [-0.2, -0.15) is 0 Å². The molecule has 5 unspecified atom stereocenters. The Labute approximate surface area is 303 Å². The third-order valence-electron chi connectivity index (χ3n) is 8.99. The normalized spacial score (nSPS) is 16.8. The van der Waals surface area contributed by atoms with Crippen molar-refractivity contribution in [2.24, 2.45) is 5.41 Å². The summed E-state index contributed by atoms with van der Waals surface area (Å²) >= 11 is 1.07. The minimum absolute atomic E-state index is 0.0441. The third-order valence-corrected chi connectivity index (χ3v) is 9.96. The molecule has 0 saturated carbocycles. The highest BCUT2D eigenvalue weighted by molar-refractivity contribution is 7.18. The van der Waals surface area contributed by atoms with Crippen LogP contribution in [0.1, 0.15) is 68.7 Å². The smallest absolute Gasteiger partial charge is 0.263 e. The van der Waals surface area contributed by atoms with E-state index in [0.29, 0.717) is 35.5 Å². The van der Waals surface area contributed by atoms with Crippen molar-refractivity contribution in [2.45, 2.75) is 77.7 Å². The van der Waals surface area contributed by atoms with Gasteiger partial charge in [0.1, 0.15) is 17.0 Å². The van der Waals surface area contributed by atoms with Gasteiger partial charge in [-0.15, -0.1) is 0 Å². The van der Waals surface area contributed by atoms with Crippen molar-refractivity contribution in [3.8, 4) is 11.3 Å². The van der Waals surface area contributed by atoms with Crippen LogP contribution in [0.15, 0.2) is 60.7 Å². The van der Waals surface area contributed by atoms with Gasteiger partial charge in [-0.05, 0) is 51.8 Å². The molecule has 0 bridgehead atoms. The molecule has 5 amide bonds. The number of benzene rings is 2. The Morgan fingerprint density at radius 1 is 0.882 bits per heavy atom. The van der Waals surface area contributed by atoms with Crippen LogP contribution in [0, 0.1) is 5.41 Å². The van der Waals surface area contributed by atoms with Gasteiger partial charge in [-0.3, -0.25) is 24.0 Å². The van der Waals surface area contributed by atoms with Crippen LogP contribution in [0.2, 0.25) is 0 Å². The fraction of sp³-hybridized carbons (Fsp3) is 0.459. The van der Waals surface area contributed by atoms with Crippen LogP contribution >= 0.6 is 11.3 Å². The van der Waals surface area contributed by atoms with E-state index in [1.807, 2.05) is 81.4 Å². The maximum absolute atomic E-state index is 14.0. The second-order valence-corrected chi connectivity index (χ2v) is 14.8. The molecule has 14 heteroatoms. The molecule has 0 aliphatic carbocycles. The van der Waals surface area contributed by atoms with Crippen LogP contribution < -0.4 is 31.9 Å². The quantitative estimate of drug-likeness (QED) is 0.148. The van der Waals surface area contributed by atoms with E-state index in [2.05, 4.69) is 36.9 Å². The number of hydrogen-bond acceptors (Lipinski definition) is 9. The van der Waals surface area contributed by atoms with Crippen molar-refractivity contribution >= 4 is 46.0 Å². The molecule has 2 aromatic carbocycles. The number of likely N-dealkylation sites (N-methyl/N-ethyl adjacent to an activating group) is 2. The SMILES string of the molecule is CNC(C)C(=O)Nc1nc(-c2ccccc2)c(C(=O)NCC(NC(=O)C2CCCN2C(=O)C(NC(=O)C(C)NC)C(C)(C)C)c2ccccc2)s1. The minimum Gasteiger partial charge on any atom is -0.349 e. The molecule has 1 saturated heterocycles. The van der Waals surface area contributed by atoms with Crippen LogP contribution in [0.3, 0.4) is 0 Å². The van der Waals surface area contributed by atoms with E-state index in [4.69, 9.17) is 0 Å². The highest BCUT2D eigenvalue weighted by atomic mass is 32.1. The number of carbonyl (C=O) groups excluding carboxylic acids is 5. The average molecular weight is 719 g/mol. The largest absolute Gasteiger partial charge is 0.349 e. The lowest BCUT2D eigenvalue weighted by molar-refractivity contribution is -0.144. The molecule has 51 heavy (non-hydrogen) atoms. The second kappa shape index (κ2) is 17.5. The zero-order valence-corrected chi connectivity index (χ0v) is 31.1. The van der Waals surface area contributed by atoms with Gasteiger partial charge in [0.15, 0.2) is 5.13 Å². The summed E-state index contributed by atoms with van der Waals surface area (Å²) in [6.45, 7) is 9.51. The Morgan fingerprint density at radius 3 is 2.10 bits per heavy atom. The molecule has 1 aromatic heterocycles. The Kier molecular flexibility index (Phi) is 13.4. The van der Waals surface area contributed by atoms with Crippen molar-refractivity contribution in [1.29, 1.82) is 0 Å². The molecule has 1 aliphatic rings. The summed E-state index contributed by atoms with van der Waals surface area (Å²) in [6, 6.07) is 15.3. The van der Waals surface area contributed by atoms with E-state index >= 15 is 0 Å². The maximum atomic E-state index is 14.0. The fourth-order valence-electron chi connectivity index (χ4n) is 5.66. The number of carbonyl (C=O) groups is 5. The molecule has 1 fully saturated rings. The minimum atomic E-state index is -0.840. The van der Waals surface area contributed by atoms with Crippen LogP contribution in [0.4, 0.5) is 5.13 Å². The molecule has 4 rings (SSSR count). The maximum Gasteiger partial charge on any atom is 0.263 e. The number of aromatic nitrogens is 1. The molecule has 274 valence electrons. The summed E-state index contributed by atoms with van der Waals surface area (Å²) in [5, 5.41) is 17.8. The number of hydrogen-bond donors (Lipinski definition) is 6. The summed E-state index contributed by atoms with van der Waals surface area (Å²) in [7, 11) is 3.35. The molecule has 3 aromatic rings. The number of nitrogens with one attached hydrogen (secondary N) is 6. The van der Waals surface area contributed by atoms with Crippen LogP contribution in [0.5, 0.6) is 0 Å². The molecule has 5 atom stereocenters. The van der Waals surface area contributed by atoms with E-state index in [0.717, 1.165) is 16.9 Å². The molecule has 1 aliphatic heterocycles. The van der Waals surface area contributed by atoms with Gasteiger partial charge in [0.25, 0.3) is 5.91 Å². The molecule has 0 spiro atoms. The number of thiazole rings is 1. The lowest BCUT2D eigenvalue weighted by atomic mass is 9.85. The van der Waals surface area contributed by atoms with Gasteiger partial charge >= 0.3 is 0 Å². The summed E-state index contributed by atoms with van der Waals surface area (Å²) in [5.41, 5.74) is 1.30. The van der Waals surface area contributed by atoms with Gasteiger partial charge in [-0.1, -0.05) is 92.8 Å². The molecule has 6 N–H and O–H groups in total. The first-order chi connectivity index (χ1) is 24.2. The first-order valence-electron chi connectivity index (χ1n) is 17.2. The first-order valence-corrected chi connectivity index (χ1v) is 18.0. The van der Waals surface area contributed by atoms with E-state index in [1.165, 1.54) is 0 Å². The second-order valence-electron chi connectivity index (χ2n) is 13.8. The summed E-state index contributed by atoms with van der Waals surface area (Å²) in [6.07, 6.45) is 1.10. The number of rotatable bonds is 14. The van der Waals surface area contributed by atoms with Gasteiger partial charge in [0.2, 0.25) is 23.6 Å². The molecular formula is C37H50N8O5S. The predicted octanol–water partition coefficient (Wildman–Crippen LogP) is 3.07. The summed E-state index contributed by atoms with van der Waals surface area (Å²) in [4.78, 5) is 73.6. The zero-order valence-electron chi connectivity index (χ0n) is 30.3. The summed E-state index contributed by atoms with van der Waals surface area (Å²) < 4.78 is 0. The van der Waals surface area contributed by atoms with Crippen LogP contribution in [-0.4, -0.2) is 90.8 Å². The molecular weight excluding hydrogens is 669 g/mol. The topological polar surface area (TPSA) is 174 Å². The predicted molar refractivity (Wildman–Crippen MR) is 199 cm³/mol. The highest BCUT2D eigenvalue weighted by Crippen LogP contribution is 2.32. The average Bonchev–Trinajstić information content (AvgIpc) is 3.79. The van der Waals surface area contributed by atoms with Crippen molar-refractivity contribution in [3.05, 3.63) is 71.1 Å². The van der Waals surface area contributed by atoms with E-state index in [9.17, 15) is 24.0 Å². The lowest BCUT2D eigenvalue weighted by Gasteiger charge is -2.36. The third kappa shape index (κ3) is 9.99. The first kappa shape index (κ1) is 39.1. The standard InChI is InChI=1S/C37H50N8O5S/c1-22(38-6)31(46)43-30(37(3,4)5)35(50)45-20-14-19-27(45)33(48)41-26(24-15-10-8-11-16-24)21-40-34(49)29-28(25-17-12-9-13-18-25)42-36(51-29)44-32(47)23(2)39-7/h8-13,15-18,22-23,26-27,30,38-39H,14,19-21H2,1-7H3,(H,40,49)(H,41,48)(H,43,46)(H,42,44,47). The van der Waals surface area contributed by atoms with Gasteiger partial charge in [0, 0.05) is 18.7 Å². The molecule has 0 radical (unpaired) electrons. The fourth-order valence-corrected chi connectivity index (χ4v) is 6.57. The molecule has 2 heterocycles. The van der Waals surface area contributed by atoms with Crippen molar-refractivity contribution in [2.75, 3.05) is 32.5 Å². The van der Waals surface area contributed by atoms with E-state index in [-0.39, 0.29) is 35.3 Å². The number of amides is 5. The Balaban J connectivity index is 1.54. The number of anilines is 1. The van der Waals surface area contributed by atoms with Gasteiger partial charge in [-0.25, -0.2) is 4.98 Å². The lowest BCUT2D eigenvalue weighted by Crippen LogP contribution is -2.59. The highest BCUT2D eigenvalue weighted by Gasteiger charge is 2.42. The van der Waals surface area contributed by atoms with Gasteiger partial charge < -0.3 is 36.8 Å².